The predicted octanol–water partition coefficient (Wildman–Crippen LogP) is 2.01. The third kappa shape index (κ3) is 2.63. The molecule has 1 aromatic carbocycles. The van der Waals surface area contributed by atoms with E-state index in [2.05, 4.69) is 15.5 Å². The number of fused-ring (bicyclic) bond motifs is 1. The van der Waals surface area contributed by atoms with Crippen molar-refractivity contribution in [2.24, 2.45) is 0 Å². The first kappa shape index (κ1) is 14.1. The van der Waals surface area contributed by atoms with Crippen LogP contribution in [0.4, 0.5) is 0 Å². The molecule has 0 saturated carbocycles. The van der Waals surface area contributed by atoms with E-state index in [0.29, 0.717) is 22.0 Å². The third-order valence-electron chi connectivity index (χ3n) is 3.44. The van der Waals surface area contributed by atoms with Gasteiger partial charge in [-0.2, -0.15) is 0 Å². The molecule has 2 heterocycles. The number of amides is 1. The quantitative estimate of drug-likeness (QED) is 0.771. The van der Waals surface area contributed by atoms with Gasteiger partial charge in [0.1, 0.15) is 11.5 Å². The lowest BCUT2D eigenvalue weighted by molar-refractivity contribution is 0.0951. The summed E-state index contributed by atoms with van der Waals surface area (Å²) < 4.78 is 5.09. The van der Waals surface area contributed by atoms with Crippen molar-refractivity contribution in [2.75, 3.05) is 0 Å². The highest BCUT2D eigenvalue weighted by Gasteiger charge is 2.12. The SMILES string of the molecule is CCc1cc(CNC(=O)c2c[nH]c(=O)c3ccccc23)no1. The Hall–Kier alpha value is -2.89. The minimum atomic E-state index is -0.270. The zero-order valence-corrected chi connectivity index (χ0v) is 12.1. The molecule has 0 saturated heterocycles. The van der Waals surface area contributed by atoms with Crippen molar-refractivity contribution < 1.29 is 9.32 Å². The summed E-state index contributed by atoms with van der Waals surface area (Å²) in [6, 6.07) is 8.82. The summed E-state index contributed by atoms with van der Waals surface area (Å²) in [7, 11) is 0. The minimum Gasteiger partial charge on any atom is -0.361 e. The molecular weight excluding hydrogens is 282 g/mol. The van der Waals surface area contributed by atoms with Crippen LogP contribution in [0.5, 0.6) is 0 Å². The van der Waals surface area contributed by atoms with Crippen LogP contribution in [0, 0.1) is 0 Å². The highest BCUT2D eigenvalue weighted by Crippen LogP contribution is 2.14. The van der Waals surface area contributed by atoms with Gasteiger partial charge in [-0.25, -0.2) is 0 Å². The van der Waals surface area contributed by atoms with Gasteiger partial charge in [0, 0.05) is 29.5 Å². The molecule has 112 valence electrons. The van der Waals surface area contributed by atoms with Crippen molar-refractivity contribution >= 4 is 16.7 Å². The van der Waals surface area contributed by atoms with Crippen LogP contribution in [-0.2, 0) is 13.0 Å². The molecule has 6 heteroatoms. The number of aryl methyl sites for hydroxylation is 1. The number of nitrogens with zero attached hydrogens (tertiary/aromatic N) is 1. The molecule has 0 aliphatic rings. The number of aromatic nitrogens is 2. The van der Waals surface area contributed by atoms with Gasteiger partial charge in [-0.05, 0) is 6.07 Å². The van der Waals surface area contributed by atoms with E-state index in [1.54, 1.807) is 24.3 Å². The summed E-state index contributed by atoms with van der Waals surface area (Å²) in [5, 5.41) is 7.78. The van der Waals surface area contributed by atoms with Gasteiger partial charge in [0.05, 0.1) is 12.1 Å². The van der Waals surface area contributed by atoms with Gasteiger partial charge < -0.3 is 14.8 Å². The summed E-state index contributed by atoms with van der Waals surface area (Å²) in [5.74, 6) is 0.507. The lowest BCUT2D eigenvalue weighted by atomic mass is 10.1. The highest BCUT2D eigenvalue weighted by molar-refractivity contribution is 6.06. The molecule has 1 amide bonds. The molecule has 0 aliphatic heterocycles. The van der Waals surface area contributed by atoms with Crippen molar-refractivity contribution in [3.63, 3.8) is 0 Å². The summed E-state index contributed by atoms with van der Waals surface area (Å²) in [6.07, 6.45) is 2.19. The standard InChI is InChI=1S/C16H15N3O3/c1-2-11-7-10(19-22-11)8-17-16(21)14-9-18-15(20)13-6-4-3-5-12(13)14/h3-7,9H,2,8H2,1H3,(H,17,21)(H,18,20). The Morgan fingerprint density at radius 3 is 2.82 bits per heavy atom. The Morgan fingerprint density at radius 2 is 2.09 bits per heavy atom. The molecule has 0 aliphatic carbocycles. The Morgan fingerprint density at radius 1 is 1.32 bits per heavy atom. The summed E-state index contributed by atoms with van der Waals surface area (Å²) in [6.45, 7) is 2.24. The zero-order chi connectivity index (χ0) is 15.5. The molecular formula is C16H15N3O3. The summed E-state index contributed by atoms with van der Waals surface area (Å²) in [4.78, 5) is 26.7. The van der Waals surface area contributed by atoms with Crippen molar-refractivity contribution in [1.29, 1.82) is 0 Å². The average Bonchev–Trinajstić information content (AvgIpc) is 3.01. The molecule has 2 N–H and O–H groups in total. The number of pyridine rings is 1. The summed E-state index contributed by atoms with van der Waals surface area (Å²) >= 11 is 0. The number of nitrogens with one attached hydrogen (secondary N) is 2. The molecule has 22 heavy (non-hydrogen) atoms. The maximum atomic E-state index is 12.3. The van der Waals surface area contributed by atoms with Crippen molar-refractivity contribution in [1.82, 2.24) is 15.5 Å². The van der Waals surface area contributed by atoms with Crippen LogP contribution in [0.1, 0.15) is 28.7 Å². The lowest BCUT2D eigenvalue weighted by Crippen LogP contribution is -2.24. The van der Waals surface area contributed by atoms with Crippen LogP contribution in [0.3, 0.4) is 0 Å². The number of benzene rings is 1. The first-order chi connectivity index (χ1) is 10.7. The van der Waals surface area contributed by atoms with E-state index in [-0.39, 0.29) is 18.0 Å². The van der Waals surface area contributed by atoms with Gasteiger partial charge in [-0.3, -0.25) is 9.59 Å². The fourth-order valence-corrected chi connectivity index (χ4v) is 2.27. The predicted molar refractivity (Wildman–Crippen MR) is 81.6 cm³/mol. The molecule has 6 nitrogen and oxygen atoms in total. The smallest absolute Gasteiger partial charge is 0.255 e. The van der Waals surface area contributed by atoms with E-state index in [1.165, 1.54) is 6.20 Å². The van der Waals surface area contributed by atoms with Crippen molar-refractivity contribution in [3.05, 3.63) is 63.9 Å². The molecule has 2 aromatic heterocycles. The number of carbonyl (C=O) groups is 1. The second-order valence-electron chi connectivity index (χ2n) is 4.90. The second kappa shape index (κ2) is 5.85. The molecule has 0 spiro atoms. The van der Waals surface area contributed by atoms with Crippen LogP contribution in [-0.4, -0.2) is 16.0 Å². The topological polar surface area (TPSA) is 88.0 Å². The van der Waals surface area contributed by atoms with Crippen molar-refractivity contribution in [3.8, 4) is 0 Å². The van der Waals surface area contributed by atoms with E-state index in [0.717, 1.165) is 12.2 Å². The fraction of sp³-hybridized carbons (Fsp3) is 0.188. The lowest BCUT2D eigenvalue weighted by Gasteiger charge is -2.06. The van der Waals surface area contributed by atoms with Gasteiger partial charge in [-0.1, -0.05) is 30.3 Å². The third-order valence-corrected chi connectivity index (χ3v) is 3.44. The van der Waals surface area contributed by atoms with Crippen LogP contribution in [0.2, 0.25) is 0 Å². The Kier molecular flexibility index (Phi) is 3.74. The Bertz CT molecular complexity index is 879. The number of hydrogen-bond acceptors (Lipinski definition) is 4. The largest absolute Gasteiger partial charge is 0.361 e. The number of aromatic amines is 1. The average molecular weight is 297 g/mol. The Labute approximate surface area is 126 Å². The van der Waals surface area contributed by atoms with Crippen LogP contribution < -0.4 is 10.9 Å². The molecule has 0 fully saturated rings. The number of rotatable bonds is 4. The second-order valence-corrected chi connectivity index (χ2v) is 4.90. The zero-order valence-electron chi connectivity index (χ0n) is 12.1. The molecule has 3 rings (SSSR count). The van der Waals surface area contributed by atoms with Gasteiger partial charge >= 0.3 is 0 Å². The van der Waals surface area contributed by atoms with Crippen molar-refractivity contribution in [2.45, 2.75) is 19.9 Å². The molecule has 0 atom stereocenters. The first-order valence-electron chi connectivity index (χ1n) is 7.02. The van der Waals surface area contributed by atoms with E-state index in [4.69, 9.17) is 4.52 Å². The molecule has 3 aromatic rings. The van der Waals surface area contributed by atoms with E-state index in [1.807, 2.05) is 13.0 Å². The minimum absolute atomic E-state index is 0.212. The van der Waals surface area contributed by atoms with Gasteiger partial charge in [0.25, 0.3) is 11.5 Å². The van der Waals surface area contributed by atoms with Crippen LogP contribution >= 0.6 is 0 Å². The normalized spacial score (nSPS) is 10.8. The monoisotopic (exact) mass is 297 g/mol. The molecule has 0 unspecified atom stereocenters. The molecule has 0 radical (unpaired) electrons. The van der Waals surface area contributed by atoms with Crippen LogP contribution in [0.25, 0.3) is 10.8 Å². The number of carbonyl (C=O) groups excluding carboxylic acids is 1. The fourth-order valence-electron chi connectivity index (χ4n) is 2.27. The van der Waals surface area contributed by atoms with Gasteiger partial charge in [0.2, 0.25) is 0 Å². The van der Waals surface area contributed by atoms with E-state index < -0.39 is 0 Å². The van der Waals surface area contributed by atoms with E-state index in [9.17, 15) is 9.59 Å². The van der Waals surface area contributed by atoms with Gasteiger partial charge in [0.15, 0.2) is 0 Å². The number of hydrogen-bond donors (Lipinski definition) is 2. The summed E-state index contributed by atoms with van der Waals surface area (Å²) in [5.41, 5.74) is 0.879. The maximum absolute atomic E-state index is 12.3. The van der Waals surface area contributed by atoms with Gasteiger partial charge in [-0.15, -0.1) is 0 Å². The molecule has 0 bridgehead atoms. The van der Waals surface area contributed by atoms with Crippen LogP contribution in [0.15, 0.2) is 45.8 Å². The first-order valence-corrected chi connectivity index (χ1v) is 7.02. The maximum Gasteiger partial charge on any atom is 0.255 e. The van der Waals surface area contributed by atoms with E-state index >= 15 is 0 Å². The highest BCUT2D eigenvalue weighted by atomic mass is 16.5. The Balaban J connectivity index is 1.83. The number of H-pyrrole nitrogens is 1.